The molecule has 0 unspecified atom stereocenters. The van der Waals surface area contributed by atoms with Gasteiger partial charge in [0.2, 0.25) is 11.0 Å². The summed E-state index contributed by atoms with van der Waals surface area (Å²) in [6.07, 6.45) is -4.87. The largest absolute Gasteiger partial charge is 0.464 e. The third-order valence-corrected chi connectivity index (χ3v) is 5.81. The molecule has 6 nitrogen and oxygen atoms in total. The molecule has 31 heavy (non-hydrogen) atoms. The van der Waals surface area contributed by atoms with Gasteiger partial charge in [-0.3, -0.25) is 0 Å². The van der Waals surface area contributed by atoms with E-state index in [4.69, 9.17) is 4.74 Å². The number of alkyl halides is 3. The predicted octanol–water partition coefficient (Wildman–Crippen LogP) is 7.23. The second kappa shape index (κ2) is 8.46. The number of rotatable bonds is 4. The van der Waals surface area contributed by atoms with Crippen molar-refractivity contribution in [1.29, 1.82) is 0 Å². The Morgan fingerprint density at radius 2 is 1.84 bits per heavy atom. The fraction of sp³-hybridized carbons (Fsp3) is 0.250. The molecule has 0 bridgehead atoms. The van der Waals surface area contributed by atoms with Crippen molar-refractivity contribution in [2.24, 2.45) is 0 Å². The summed E-state index contributed by atoms with van der Waals surface area (Å²) in [6.45, 7) is 5.97. The highest BCUT2D eigenvalue weighted by molar-refractivity contribution is 9.11. The average Bonchev–Trinajstić information content (AvgIpc) is 3.04. The number of aromatic nitrogens is 2. The number of pyridine rings is 1. The molecule has 1 aromatic carbocycles. The molecule has 0 fully saturated rings. The topological polar surface area (TPSA) is 75.5 Å². The van der Waals surface area contributed by atoms with Crippen LogP contribution < -0.4 is 9.64 Å². The molecule has 0 radical (unpaired) electrons. The van der Waals surface area contributed by atoms with Crippen LogP contribution in [0.1, 0.15) is 32.0 Å². The monoisotopic (exact) mass is 515 g/mol. The van der Waals surface area contributed by atoms with E-state index in [0.717, 1.165) is 5.56 Å². The van der Waals surface area contributed by atoms with Crippen LogP contribution >= 0.6 is 27.3 Å². The number of carboxylic acid groups (broad SMARTS) is 1. The third kappa shape index (κ3) is 4.99. The minimum absolute atomic E-state index is 0.0614. The van der Waals surface area contributed by atoms with Gasteiger partial charge in [-0.05, 0) is 39.5 Å². The first kappa shape index (κ1) is 23.0. The molecule has 0 aliphatic rings. The van der Waals surface area contributed by atoms with Gasteiger partial charge in [0.1, 0.15) is 15.2 Å². The molecule has 2 aromatic heterocycles. The van der Waals surface area contributed by atoms with Gasteiger partial charge in [0.05, 0.1) is 0 Å². The number of hydrogen-bond acceptors (Lipinski definition) is 5. The number of ether oxygens (including phenoxy) is 1. The molecule has 11 heteroatoms. The van der Waals surface area contributed by atoms with Crippen molar-refractivity contribution in [1.82, 2.24) is 9.97 Å². The van der Waals surface area contributed by atoms with Gasteiger partial charge in [0.15, 0.2) is 5.69 Å². The van der Waals surface area contributed by atoms with Crippen molar-refractivity contribution in [2.75, 3.05) is 4.90 Å². The Kier molecular flexibility index (Phi) is 6.28. The molecule has 3 rings (SSSR count). The van der Waals surface area contributed by atoms with E-state index in [0.29, 0.717) is 22.0 Å². The zero-order chi connectivity index (χ0) is 23.0. The smallest absolute Gasteiger partial charge is 0.435 e. The summed E-state index contributed by atoms with van der Waals surface area (Å²) in [4.78, 5) is 20.2. The molecule has 0 aliphatic heterocycles. The van der Waals surface area contributed by atoms with Crippen molar-refractivity contribution in [3.8, 4) is 11.6 Å². The molecule has 0 atom stereocenters. The van der Waals surface area contributed by atoms with E-state index < -0.39 is 23.1 Å². The van der Waals surface area contributed by atoms with Crippen molar-refractivity contribution in [3.63, 3.8) is 0 Å². The summed E-state index contributed by atoms with van der Waals surface area (Å²) in [6, 6.07) is 10.0. The number of para-hydroxylation sites is 1. The molecule has 0 saturated carbocycles. The number of hydrogen-bond donors (Lipinski definition) is 1. The maximum absolute atomic E-state index is 13.2. The first-order valence-corrected chi connectivity index (χ1v) is 10.5. The van der Waals surface area contributed by atoms with E-state index in [2.05, 4.69) is 25.9 Å². The highest BCUT2D eigenvalue weighted by atomic mass is 79.9. The van der Waals surface area contributed by atoms with Gasteiger partial charge in [0, 0.05) is 11.8 Å². The summed E-state index contributed by atoms with van der Waals surface area (Å²) < 4.78 is 45.1. The average molecular weight is 516 g/mol. The van der Waals surface area contributed by atoms with Crippen molar-refractivity contribution >= 4 is 44.2 Å². The number of thiazole rings is 1. The van der Waals surface area contributed by atoms with Gasteiger partial charge < -0.3 is 9.84 Å². The first-order valence-electron chi connectivity index (χ1n) is 8.88. The zero-order valence-electron chi connectivity index (χ0n) is 16.6. The van der Waals surface area contributed by atoms with Gasteiger partial charge in [-0.2, -0.15) is 13.2 Å². The highest BCUT2D eigenvalue weighted by Crippen LogP contribution is 2.44. The fourth-order valence-corrected chi connectivity index (χ4v) is 4.33. The summed E-state index contributed by atoms with van der Waals surface area (Å²) in [7, 11) is 0. The molecule has 0 aliphatic carbocycles. The van der Waals surface area contributed by atoms with Crippen LogP contribution in [-0.4, -0.2) is 21.2 Å². The number of halogens is 4. The van der Waals surface area contributed by atoms with Crippen LogP contribution in [0.15, 0.2) is 46.4 Å². The first-order chi connectivity index (χ1) is 14.4. The fourth-order valence-electron chi connectivity index (χ4n) is 2.76. The molecule has 2 heterocycles. The standard InChI is InChI=1S/C20H17BrF3N3O3S/c1-19(2,3)11-7-4-5-9-13(11)30-16-12(8-6-10-25-16)27(18(28)29)17-26-14(15(21)31-17)20(22,23)24/h4-10H,1-3H3,(H,28,29). The minimum Gasteiger partial charge on any atom is -0.464 e. The van der Waals surface area contributed by atoms with E-state index in [-0.39, 0.29) is 20.8 Å². The van der Waals surface area contributed by atoms with E-state index in [1.54, 1.807) is 12.1 Å². The van der Waals surface area contributed by atoms with Gasteiger partial charge in [0.25, 0.3) is 0 Å². The molecule has 3 aromatic rings. The molecule has 0 saturated heterocycles. The van der Waals surface area contributed by atoms with Crippen LogP contribution in [-0.2, 0) is 11.6 Å². The second-order valence-corrected chi connectivity index (χ2v) is 9.71. The van der Waals surface area contributed by atoms with Crippen LogP contribution in [0.5, 0.6) is 11.6 Å². The molecule has 164 valence electrons. The zero-order valence-corrected chi connectivity index (χ0v) is 19.0. The summed E-state index contributed by atoms with van der Waals surface area (Å²) >= 11 is 3.36. The Balaban J connectivity index is 2.09. The maximum Gasteiger partial charge on any atom is 0.435 e. The number of anilines is 2. The van der Waals surface area contributed by atoms with Crippen molar-refractivity contribution < 1.29 is 27.8 Å². The third-order valence-electron chi connectivity index (χ3n) is 4.12. The lowest BCUT2D eigenvalue weighted by Gasteiger charge is -2.24. The molecule has 0 spiro atoms. The Hall–Kier alpha value is -2.66. The van der Waals surface area contributed by atoms with Gasteiger partial charge in [-0.1, -0.05) is 50.3 Å². The van der Waals surface area contributed by atoms with Crippen LogP contribution in [0.3, 0.4) is 0 Å². The Bertz CT molecular complexity index is 1110. The minimum atomic E-state index is -4.74. The summed E-state index contributed by atoms with van der Waals surface area (Å²) in [5, 5.41) is 9.38. The quantitative estimate of drug-likeness (QED) is 0.396. The lowest BCUT2D eigenvalue weighted by Crippen LogP contribution is -2.24. The van der Waals surface area contributed by atoms with Crippen LogP contribution in [0.25, 0.3) is 0 Å². The number of nitrogens with zero attached hydrogens (tertiary/aromatic N) is 3. The Morgan fingerprint density at radius 1 is 1.16 bits per heavy atom. The SMILES string of the molecule is CC(C)(C)c1ccccc1Oc1ncccc1N(C(=O)O)c1nc(C(F)(F)F)c(Br)s1. The van der Waals surface area contributed by atoms with E-state index in [1.807, 2.05) is 32.9 Å². The number of benzene rings is 1. The van der Waals surface area contributed by atoms with Crippen LogP contribution in [0, 0.1) is 0 Å². The van der Waals surface area contributed by atoms with Crippen LogP contribution in [0.2, 0.25) is 0 Å². The molecule has 1 N–H and O–H groups in total. The lowest BCUT2D eigenvalue weighted by molar-refractivity contribution is -0.141. The number of amides is 1. The second-order valence-electron chi connectivity index (χ2n) is 7.41. The van der Waals surface area contributed by atoms with E-state index in [1.165, 1.54) is 18.3 Å². The Labute approximate surface area is 188 Å². The Morgan fingerprint density at radius 3 is 2.42 bits per heavy atom. The van der Waals surface area contributed by atoms with Crippen LogP contribution in [0.4, 0.5) is 28.8 Å². The normalized spacial score (nSPS) is 12.0. The van der Waals surface area contributed by atoms with E-state index in [9.17, 15) is 23.1 Å². The lowest BCUT2D eigenvalue weighted by atomic mass is 9.86. The molecule has 1 amide bonds. The van der Waals surface area contributed by atoms with Crippen molar-refractivity contribution in [3.05, 3.63) is 57.6 Å². The van der Waals surface area contributed by atoms with Gasteiger partial charge in [-0.25, -0.2) is 19.7 Å². The summed E-state index contributed by atoms with van der Waals surface area (Å²) in [5.41, 5.74) is -0.693. The van der Waals surface area contributed by atoms with Crippen molar-refractivity contribution in [2.45, 2.75) is 32.4 Å². The molecular formula is C20H17BrF3N3O3S. The van der Waals surface area contributed by atoms with E-state index >= 15 is 0 Å². The number of carbonyl (C=O) groups is 1. The maximum atomic E-state index is 13.2. The predicted molar refractivity (Wildman–Crippen MR) is 114 cm³/mol. The van der Waals surface area contributed by atoms with Gasteiger partial charge in [-0.15, -0.1) is 0 Å². The highest BCUT2D eigenvalue weighted by Gasteiger charge is 2.39. The molecular weight excluding hydrogens is 499 g/mol. The van der Waals surface area contributed by atoms with Gasteiger partial charge >= 0.3 is 12.3 Å². The summed E-state index contributed by atoms with van der Waals surface area (Å²) in [5.74, 6) is 0.373.